The minimum absolute atomic E-state index is 0. The molecular formula is C14H20ClFN2O2S. The van der Waals surface area contributed by atoms with Crippen LogP contribution >= 0.6 is 24.2 Å². The Morgan fingerprint density at radius 3 is 3.10 bits per heavy atom. The molecule has 0 spiro atoms. The van der Waals surface area contributed by atoms with Crippen molar-refractivity contribution < 1.29 is 13.9 Å². The van der Waals surface area contributed by atoms with Crippen molar-refractivity contribution in [1.82, 2.24) is 5.32 Å². The van der Waals surface area contributed by atoms with E-state index in [1.165, 1.54) is 0 Å². The second kappa shape index (κ2) is 9.87. The van der Waals surface area contributed by atoms with E-state index in [1.54, 1.807) is 24.3 Å². The summed E-state index contributed by atoms with van der Waals surface area (Å²) >= 11 is 1.86. The second-order valence-corrected chi connectivity index (χ2v) is 5.69. The number of alkyl halides is 1. The number of carbonyl (C=O) groups is 1. The molecule has 2 rings (SSSR count). The molecular weight excluding hydrogens is 315 g/mol. The summed E-state index contributed by atoms with van der Waals surface area (Å²) in [6.07, 6.45) is 0.461. The van der Waals surface area contributed by atoms with Crippen LogP contribution in [0.2, 0.25) is 0 Å². The summed E-state index contributed by atoms with van der Waals surface area (Å²) in [5.74, 6) is 2.61. The average molecular weight is 335 g/mol. The molecule has 1 aromatic carbocycles. The Morgan fingerprint density at radius 1 is 1.52 bits per heavy atom. The minimum atomic E-state index is -0.526. The number of ether oxygens (including phenoxy) is 1. The number of hydrogen-bond donors (Lipinski definition) is 2. The SMILES string of the molecule is Cl.O=C(CC1CSCCN1)Nc1cccc(OCCF)c1. The van der Waals surface area contributed by atoms with Gasteiger partial charge in [-0.1, -0.05) is 6.07 Å². The number of nitrogens with one attached hydrogen (secondary N) is 2. The molecule has 1 unspecified atom stereocenters. The molecule has 1 aliphatic heterocycles. The van der Waals surface area contributed by atoms with Crippen LogP contribution in [0, 0.1) is 0 Å². The molecule has 4 nitrogen and oxygen atoms in total. The highest BCUT2D eigenvalue weighted by atomic mass is 35.5. The van der Waals surface area contributed by atoms with Crippen LogP contribution in [0.25, 0.3) is 0 Å². The molecule has 0 saturated carbocycles. The Hall–Kier alpha value is -0.980. The van der Waals surface area contributed by atoms with Gasteiger partial charge in [-0.15, -0.1) is 12.4 Å². The van der Waals surface area contributed by atoms with Crippen LogP contribution in [-0.4, -0.2) is 43.3 Å². The highest BCUT2D eigenvalue weighted by Gasteiger charge is 2.16. The summed E-state index contributed by atoms with van der Waals surface area (Å²) in [6.45, 7) is 0.456. The van der Waals surface area contributed by atoms with Gasteiger partial charge in [0.2, 0.25) is 5.91 Å². The first-order valence-electron chi connectivity index (χ1n) is 6.68. The van der Waals surface area contributed by atoms with E-state index in [-0.39, 0.29) is 31.0 Å². The monoisotopic (exact) mass is 334 g/mol. The van der Waals surface area contributed by atoms with E-state index in [0.717, 1.165) is 18.1 Å². The van der Waals surface area contributed by atoms with Gasteiger partial charge < -0.3 is 15.4 Å². The third-order valence-corrected chi connectivity index (χ3v) is 4.02. The van der Waals surface area contributed by atoms with Crippen molar-refractivity contribution in [2.24, 2.45) is 0 Å². The molecule has 21 heavy (non-hydrogen) atoms. The molecule has 1 aromatic rings. The molecule has 1 amide bonds. The Labute approximate surface area is 134 Å². The van der Waals surface area contributed by atoms with Crippen molar-refractivity contribution in [3.8, 4) is 5.75 Å². The zero-order valence-electron chi connectivity index (χ0n) is 11.6. The van der Waals surface area contributed by atoms with Crippen molar-refractivity contribution in [3.05, 3.63) is 24.3 Å². The topological polar surface area (TPSA) is 50.4 Å². The van der Waals surface area contributed by atoms with Crippen molar-refractivity contribution in [2.45, 2.75) is 12.5 Å². The van der Waals surface area contributed by atoms with Crippen LogP contribution < -0.4 is 15.4 Å². The first kappa shape index (κ1) is 18.1. The Morgan fingerprint density at radius 2 is 2.38 bits per heavy atom. The molecule has 1 aliphatic rings. The number of amides is 1. The van der Waals surface area contributed by atoms with E-state index >= 15 is 0 Å². The van der Waals surface area contributed by atoms with E-state index in [4.69, 9.17) is 4.74 Å². The molecule has 0 bridgehead atoms. The van der Waals surface area contributed by atoms with Gasteiger partial charge in [0, 0.05) is 42.3 Å². The van der Waals surface area contributed by atoms with Crippen LogP contribution in [0.5, 0.6) is 5.75 Å². The first-order valence-corrected chi connectivity index (χ1v) is 7.83. The van der Waals surface area contributed by atoms with Crippen LogP contribution in [0.1, 0.15) is 6.42 Å². The van der Waals surface area contributed by atoms with Crippen molar-refractivity contribution in [1.29, 1.82) is 0 Å². The molecule has 1 fully saturated rings. The number of benzene rings is 1. The number of rotatable bonds is 6. The fraction of sp³-hybridized carbons (Fsp3) is 0.500. The Bertz CT molecular complexity index is 445. The van der Waals surface area contributed by atoms with Gasteiger partial charge in [0.25, 0.3) is 0 Å². The van der Waals surface area contributed by atoms with Gasteiger partial charge in [0.1, 0.15) is 19.0 Å². The average Bonchev–Trinajstić information content (AvgIpc) is 2.46. The summed E-state index contributed by atoms with van der Waals surface area (Å²) in [6, 6.07) is 7.25. The quantitative estimate of drug-likeness (QED) is 0.839. The highest BCUT2D eigenvalue weighted by Crippen LogP contribution is 2.18. The predicted octanol–water partition coefficient (Wildman–Crippen LogP) is 2.49. The molecule has 0 radical (unpaired) electrons. The fourth-order valence-corrected chi connectivity index (χ4v) is 2.96. The number of carbonyl (C=O) groups excluding carboxylic acids is 1. The van der Waals surface area contributed by atoms with Crippen molar-refractivity contribution in [2.75, 3.05) is 36.6 Å². The number of thioether (sulfide) groups is 1. The van der Waals surface area contributed by atoms with E-state index in [0.29, 0.717) is 17.9 Å². The van der Waals surface area contributed by atoms with Crippen LogP contribution in [0.3, 0.4) is 0 Å². The number of anilines is 1. The maximum atomic E-state index is 12.0. The predicted molar refractivity (Wildman–Crippen MR) is 87.5 cm³/mol. The molecule has 118 valence electrons. The molecule has 7 heteroatoms. The largest absolute Gasteiger partial charge is 0.491 e. The second-order valence-electron chi connectivity index (χ2n) is 4.54. The molecule has 1 saturated heterocycles. The summed E-state index contributed by atoms with van der Waals surface area (Å²) < 4.78 is 17.2. The smallest absolute Gasteiger partial charge is 0.225 e. The fourth-order valence-electron chi connectivity index (χ4n) is 2.01. The number of halogens is 2. The first-order chi connectivity index (χ1) is 9.78. The van der Waals surface area contributed by atoms with Gasteiger partial charge in [0.15, 0.2) is 0 Å². The third-order valence-electron chi connectivity index (χ3n) is 2.89. The maximum absolute atomic E-state index is 12.0. The van der Waals surface area contributed by atoms with Gasteiger partial charge in [-0.05, 0) is 12.1 Å². The lowest BCUT2D eigenvalue weighted by Crippen LogP contribution is -2.39. The molecule has 2 N–H and O–H groups in total. The lowest BCUT2D eigenvalue weighted by atomic mass is 10.2. The van der Waals surface area contributed by atoms with E-state index < -0.39 is 6.67 Å². The normalized spacial score (nSPS) is 17.7. The van der Waals surface area contributed by atoms with E-state index in [1.807, 2.05) is 11.8 Å². The van der Waals surface area contributed by atoms with E-state index in [2.05, 4.69) is 10.6 Å². The van der Waals surface area contributed by atoms with Gasteiger partial charge in [-0.3, -0.25) is 4.79 Å². The summed E-state index contributed by atoms with van der Waals surface area (Å²) in [5, 5.41) is 6.17. The summed E-state index contributed by atoms with van der Waals surface area (Å²) in [4.78, 5) is 11.9. The Kier molecular flexibility index (Phi) is 8.49. The van der Waals surface area contributed by atoms with Crippen LogP contribution in [-0.2, 0) is 4.79 Å². The molecule has 0 aliphatic carbocycles. The van der Waals surface area contributed by atoms with E-state index in [9.17, 15) is 9.18 Å². The highest BCUT2D eigenvalue weighted by molar-refractivity contribution is 7.99. The van der Waals surface area contributed by atoms with Gasteiger partial charge in [-0.25, -0.2) is 4.39 Å². The zero-order valence-corrected chi connectivity index (χ0v) is 13.3. The van der Waals surface area contributed by atoms with Gasteiger partial charge in [0.05, 0.1) is 0 Å². The summed E-state index contributed by atoms with van der Waals surface area (Å²) in [5.41, 5.74) is 0.676. The van der Waals surface area contributed by atoms with Gasteiger partial charge >= 0.3 is 0 Å². The molecule has 1 atom stereocenters. The Balaban J connectivity index is 0.00000220. The van der Waals surface area contributed by atoms with Crippen LogP contribution in [0.4, 0.5) is 10.1 Å². The molecule has 0 aromatic heterocycles. The molecule has 1 heterocycles. The lowest BCUT2D eigenvalue weighted by Gasteiger charge is -2.22. The van der Waals surface area contributed by atoms with Gasteiger partial charge in [-0.2, -0.15) is 11.8 Å². The number of hydrogen-bond acceptors (Lipinski definition) is 4. The standard InChI is InChI=1S/C14H19FN2O2S.ClH/c15-4-6-19-13-3-1-2-11(8-13)17-14(18)9-12-10-20-7-5-16-12;/h1-3,8,12,16H,4-7,9-10H2,(H,17,18);1H. The van der Waals surface area contributed by atoms with Crippen molar-refractivity contribution >= 4 is 35.8 Å². The zero-order chi connectivity index (χ0) is 14.2. The van der Waals surface area contributed by atoms with Crippen molar-refractivity contribution in [3.63, 3.8) is 0 Å². The lowest BCUT2D eigenvalue weighted by molar-refractivity contribution is -0.116. The van der Waals surface area contributed by atoms with Crippen LogP contribution in [0.15, 0.2) is 24.3 Å². The third kappa shape index (κ3) is 6.54. The minimum Gasteiger partial charge on any atom is -0.491 e. The summed E-state index contributed by atoms with van der Waals surface area (Å²) in [7, 11) is 0. The maximum Gasteiger partial charge on any atom is 0.225 e.